The van der Waals surface area contributed by atoms with Crippen molar-refractivity contribution in [3.63, 3.8) is 0 Å². The minimum absolute atomic E-state index is 0.00293. The fraction of sp³-hybridized carbons (Fsp3) is 0.333. The van der Waals surface area contributed by atoms with E-state index in [0.29, 0.717) is 13.2 Å². The van der Waals surface area contributed by atoms with Crippen LogP contribution in [0.4, 0.5) is 0 Å². The Hall–Kier alpha value is -1.80. The monoisotopic (exact) mass is 269 g/mol. The standard InChI is InChI=1S/C18H23NO/c1-18(2,15-7-4-3-5-8-15)16-9-11-17(12-10-16)20-14-6-13-19/h3-5,7-12H,6,13-14,19H2,1-2H3. The van der Waals surface area contributed by atoms with E-state index in [9.17, 15) is 0 Å². The van der Waals surface area contributed by atoms with Crippen LogP contribution in [0.2, 0.25) is 0 Å². The summed E-state index contributed by atoms with van der Waals surface area (Å²) in [6.07, 6.45) is 0.886. The van der Waals surface area contributed by atoms with Gasteiger partial charge in [0.15, 0.2) is 0 Å². The predicted octanol–water partition coefficient (Wildman–Crippen LogP) is 3.74. The zero-order valence-corrected chi connectivity index (χ0v) is 12.3. The molecule has 0 heterocycles. The van der Waals surface area contributed by atoms with Crippen molar-refractivity contribution in [2.75, 3.05) is 13.2 Å². The molecule has 0 atom stereocenters. The molecule has 0 amide bonds. The Bertz CT molecular complexity index is 517. The van der Waals surface area contributed by atoms with Crippen molar-refractivity contribution >= 4 is 0 Å². The van der Waals surface area contributed by atoms with Gasteiger partial charge in [-0.25, -0.2) is 0 Å². The van der Waals surface area contributed by atoms with Gasteiger partial charge in [0.25, 0.3) is 0 Å². The number of nitrogens with two attached hydrogens (primary N) is 1. The summed E-state index contributed by atoms with van der Waals surface area (Å²) in [7, 11) is 0. The summed E-state index contributed by atoms with van der Waals surface area (Å²) in [6.45, 7) is 5.83. The number of benzene rings is 2. The third-order valence-corrected chi connectivity index (χ3v) is 3.69. The van der Waals surface area contributed by atoms with E-state index in [1.54, 1.807) is 0 Å². The van der Waals surface area contributed by atoms with Gasteiger partial charge in [0, 0.05) is 5.41 Å². The molecular formula is C18H23NO. The third kappa shape index (κ3) is 3.40. The van der Waals surface area contributed by atoms with Gasteiger partial charge >= 0.3 is 0 Å². The molecule has 0 aromatic heterocycles. The van der Waals surface area contributed by atoms with Crippen molar-refractivity contribution in [1.29, 1.82) is 0 Å². The number of hydrogen-bond acceptors (Lipinski definition) is 2. The van der Waals surface area contributed by atoms with Crippen LogP contribution in [0, 0.1) is 0 Å². The quantitative estimate of drug-likeness (QED) is 0.811. The van der Waals surface area contributed by atoms with E-state index in [4.69, 9.17) is 10.5 Å². The zero-order valence-electron chi connectivity index (χ0n) is 12.3. The van der Waals surface area contributed by atoms with Crippen LogP contribution in [0.3, 0.4) is 0 Å². The molecule has 0 aliphatic carbocycles. The van der Waals surface area contributed by atoms with Crippen molar-refractivity contribution < 1.29 is 4.74 Å². The SMILES string of the molecule is CC(C)(c1ccccc1)c1ccc(OCCCN)cc1. The Labute approximate surface area is 121 Å². The van der Waals surface area contributed by atoms with Gasteiger partial charge in [0.05, 0.1) is 6.61 Å². The number of ether oxygens (including phenoxy) is 1. The average Bonchev–Trinajstić information content (AvgIpc) is 2.49. The molecule has 2 aromatic carbocycles. The second-order valence-electron chi connectivity index (χ2n) is 5.51. The molecule has 0 aliphatic heterocycles. The fourth-order valence-corrected chi connectivity index (χ4v) is 2.26. The lowest BCUT2D eigenvalue weighted by Crippen LogP contribution is -2.18. The topological polar surface area (TPSA) is 35.2 Å². The third-order valence-electron chi connectivity index (χ3n) is 3.69. The van der Waals surface area contributed by atoms with Crippen LogP contribution < -0.4 is 10.5 Å². The van der Waals surface area contributed by atoms with Gasteiger partial charge in [-0.15, -0.1) is 0 Å². The van der Waals surface area contributed by atoms with Gasteiger partial charge in [-0.2, -0.15) is 0 Å². The highest BCUT2D eigenvalue weighted by Crippen LogP contribution is 2.32. The van der Waals surface area contributed by atoms with Crippen molar-refractivity contribution in [2.24, 2.45) is 5.73 Å². The van der Waals surface area contributed by atoms with Crippen LogP contribution in [0.25, 0.3) is 0 Å². The maximum atomic E-state index is 5.64. The van der Waals surface area contributed by atoms with Crippen LogP contribution in [0.1, 0.15) is 31.4 Å². The lowest BCUT2D eigenvalue weighted by Gasteiger charge is -2.26. The summed E-state index contributed by atoms with van der Waals surface area (Å²) >= 11 is 0. The summed E-state index contributed by atoms with van der Waals surface area (Å²) in [5.41, 5.74) is 8.06. The first kappa shape index (κ1) is 14.6. The Morgan fingerprint density at radius 3 is 2.10 bits per heavy atom. The second-order valence-corrected chi connectivity index (χ2v) is 5.51. The van der Waals surface area contributed by atoms with Crippen LogP contribution in [0.5, 0.6) is 5.75 Å². The van der Waals surface area contributed by atoms with Gasteiger partial charge in [-0.3, -0.25) is 0 Å². The predicted molar refractivity (Wildman–Crippen MR) is 84.2 cm³/mol. The highest BCUT2D eigenvalue weighted by atomic mass is 16.5. The van der Waals surface area contributed by atoms with Gasteiger partial charge in [0.2, 0.25) is 0 Å². The molecule has 2 nitrogen and oxygen atoms in total. The van der Waals surface area contributed by atoms with Crippen LogP contribution in [-0.2, 0) is 5.41 Å². The average molecular weight is 269 g/mol. The summed E-state index contributed by atoms with van der Waals surface area (Å²) < 4.78 is 5.64. The molecule has 2 aromatic rings. The molecule has 0 unspecified atom stereocenters. The van der Waals surface area contributed by atoms with E-state index >= 15 is 0 Å². The molecule has 0 saturated heterocycles. The van der Waals surface area contributed by atoms with Crippen molar-refractivity contribution in [3.8, 4) is 5.75 Å². The number of hydrogen-bond donors (Lipinski definition) is 1. The Kier molecular flexibility index (Phi) is 4.80. The Morgan fingerprint density at radius 2 is 1.50 bits per heavy atom. The molecule has 0 spiro atoms. The van der Waals surface area contributed by atoms with Gasteiger partial charge < -0.3 is 10.5 Å². The van der Waals surface area contributed by atoms with E-state index in [1.807, 2.05) is 18.2 Å². The fourth-order valence-electron chi connectivity index (χ4n) is 2.26. The molecule has 0 radical (unpaired) electrons. The van der Waals surface area contributed by atoms with E-state index in [1.165, 1.54) is 11.1 Å². The van der Waals surface area contributed by atoms with Crippen LogP contribution in [-0.4, -0.2) is 13.2 Å². The van der Waals surface area contributed by atoms with E-state index in [0.717, 1.165) is 12.2 Å². The van der Waals surface area contributed by atoms with Gasteiger partial charge in [-0.1, -0.05) is 56.3 Å². The second kappa shape index (κ2) is 6.58. The first-order valence-corrected chi connectivity index (χ1v) is 7.13. The van der Waals surface area contributed by atoms with E-state index in [2.05, 4.69) is 50.2 Å². The molecule has 0 saturated carbocycles. The van der Waals surface area contributed by atoms with Crippen LogP contribution in [0.15, 0.2) is 54.6 Å². The summed E-state index contributed by atoms with van der Waals surface area (Å²) in [6, 6.07) is 18.9. The van der Waals surface area contributed by atoms with E-state index < -0.39 is 0 Å². The summed E-state index contributed by atoms with van der Waals surface area (Å²) in [5.74, 6) is 0.908. The van der Waals surface area contributed by atoms with Crippen molar-refractivity contribution in [2.45, 2.75) is 25.7 Å². The molecule has 20 heavy (non-hydrogen) atoms. The molecule has 0 fully saturated rings. The van der Waals surface area contributed by atoms with Gasteiger partial charge in [0.1, 0.15) is 5.75 Å². The minimum atomic E-state index is -0.00293. The highest BCUT2D eigenvalue weighted by Gasteiger charge is 2.22. The molecule has 2 N–H and O–H groups in total. The molecular weight excluding hydrogens is 246 g/mol. The van der Waals surface area contributed by atoms with Crippen molar-refractivity contribution in [1.82, 2.24) is 0 Å². The summed E-state index contributed by atoms with van der Waals surface area (Å²) in [4.78, 5) is 0. The molecule has 106 valence electrons. The summed E-state index contributed by atoms with van der Waals surface area (Å²) in [5, 5.41) is 0. The molecule has 2 heteroatoms. The minimum Gasteiger partial charge on any atom is -0.494 e. The van der Waals surface area contributed by atoms with E-state index in [-0.39, 0.29) is 5.41 Å². The molecule has 0 bridgehead atoms. The Morgan fingerprint density at radius 1 is 0.900 bits per heavy atom. The lowest BCUT2D eigenvalue weighted by atomic mass is 9.78. The normalized spacial score (nSPS) is 11.3. The smallest absolute Gasteiger partial charge is 0.119 e. The maximum Gasteiger partial charge on any atom is 0.119 e. The van der Waals surface area contributed by atoms with Gasteiger partial charge in [-0.05, 0) is 36.2 Å². The first-order valence-electron chi connectivity index (χ1n) is 7.13. The largest absolute Gasteiger partial charge is 0.494 e. The lowest BCUT2D eigenvalue weighted by molar-refractivity contribution is 0.313. The molecule has 0 aliphatic rings. The van der Waals surface area contributed by atoms with Crippen molar-refractivity contribution in [3.05, 3.63) is 65.7 Å². The zero-order chi connectivity index (χ0) is 14.4. The maximum absolute atomic E-state index is 5.64. The number of rotatable bonds is 6. The first-order chi connectivity index (χ1) is 9.64. The van der Waals surface area contributed by atoms with Crippen LogP contribution >= 0.6 is 0 Å². The molecule has 2 rings (SSSR count). The highest BCUT2D eigenvalue weighted by molar-refractivity contribution is 5.39. The Balaban J connectivity index is 2.13.